The van der Waals surface area contributed by atoms with Crippen molar-refractivity contribution in [3.63, 3.8) is 0 Å². The van der Waals surface area contributed by atoms with Crippen molar-refractivity contribution in [1.29, 1.82) is 0 Å². The van der Waals surface area contributed by atoms with Crippen LogP contribution in [0.3, 0.4) is 0 Å². The molecule has 1 aromatic rings. The number of amides is 1. The van der Waals surface area contributed by atoms with Crippen molar-refractivity contribution >= 4 is 11.9 Å². The minimum atomic E-state index is -1.21. The molecular formula is C14H17NO4. The summed E-state index contributed by atoms with van der Waals surface area (Å²) in [4.78, 5) is 24.5. The van der Waals surface area contributed by atoms with Crippen molar-refractivity contribution in [2.24, 2.45) is 0 Å². The van der Waals surface area contributed by atoms with Crippen LogP contribution in [-0.4, -0.2) is 39.6 Å². The Morgan fingerprint density at radius 2 is 2.00 bits per heavy atom. The van der Waals surface area contributed by atoms with Crippen LogP contribution in [0.1, 0.15) is 30.9 Å². The van der Waals surface area contributed by atoms with Crippen LogP contribution in [0.15, 0.2) is 30.3 Å². The first-order valence-electron chi connectivity index (χ1n) is 6.35. The molecule has 0 radical (unpaired) electrons. The lowest BCUT2D eigenvalue weighted by Crippen LogP contribution is -2.39. The first-order valence-corrected chi connectivity index (χ1v) is 6.35. The molecule has 1 aromatic carbocycles. The second-order valence-corrected chi connectivity index (χ2v) is 4.74. The molecule has 1 fully saturated rings. The first-order chi connectivity index (χ1) is 9.09. The van der Waals surface area contributed by atoms with Crippen molar-refractivity contribution in [2.45, 2.75) is 31.4 Å². The minimum absolute atomic E-state index is 0.0623. The third kappa shape index (κ3) is 3.12. The molecule has 2 rings (SSSR count). The highest BCUT2D eigenvalue weighted by Gasteiger charge is 2.33. The fourth-order valence-electron chi connectivity index (χ4n) is 2.47. The van der Waals surface area contributed by atoms with Crippen molar-refractivity contribution < 1.29 is 19.8 Å². The van der Waals surface area contributed by atoms with E-state index in [9.17, 15) is 14.7 Å². The molecule has 2 atom stereocenters. The summed E-state index contributed by atoms with van der Waals surface area (Å²) < 4.78 is 0. The van der Waals surface area contributed by atoms with Gasteiger partial charge < -0.3 is 15.1 Å². The maximum atomic E-state index is 12.2. The van der Waals surface area contributed by atoms with Gasteiger partial charge in [0.2, 0.25) is 0 Å². The number of likely N-dealkylation sites (tertiary alicyclic amines) is 1. The lowest BCUT2D eigenvalue weighted by atomic mass is 10.1. The summed E-state index contributed by atoms with van der Waals surface area (Å²) >= 11 is 0. The third-order valence-electron chi connectivity index (χ3n) is 3.42. The number of aliphatic hydroxyl groups excluding tert-OH is 1. The Hall–Kier alpha value is -1.88. The van der Waals surface area contributed by atoms with Gasteiger partial charge in [0.1, 0.15) is 0 Å². The van der Waals surface area contributed by atoms with Gasteiger partial charge in [-0.15, -0.1) is 0 Å². The highest BCUT2D eigenvalue weighted by Crippen LogP contribution is 2.25. The predicted octanol–water partition coefficient (Wildman–Crippen LogP) is 1.19. The number of carbonyl (C=O) groups excluding carboxylic acids is 1. The van der Waals surface area contributed by atoms with Crippen LogP contribution in [0, 0.1) is 0 Å². The van der Waals surface area contributed by atoms with Crippen LogP contribution in [0.25, 0.3) is 0 Å². The van der Waals surface area contributed by atoms with E-state index >= 15 is 0 Å². The van der Waals surface area contributed by atoms with Gasteiger partial charge in [0, 0.05) is 12.6 Å². The molecule has 0 aromatic heterocycles. The van der Waals surface area contributed by atoms with E-state index in [-0.39, 0.29) is 12.5 Å². The Balaban J connectivity index is 2.08. The van der Waals surface area contributed by atoms with Gasteiger partial charge >= 0.3 is 5.97 Å². The Kier molecular flexibility index (Phi) is 4.16. The maximum absolute atomic E-state index is 12.2. The van der Waals surface area contributed by atoms with Gasteiger partial charge in [-0.2, -0.15) is 0 Å². The zero-order valence-corrected chi connectivity index (χ0v) is 10.5. The van der Waals surface area contributed by atoms with E-state index in [0.29, 0.717) is 18.5 Å². The maximum Gasteiger partial charge on any atom is 0.305 e. The Labute approximate surface area is 111 Å². The average molecular weight is 263 g/mol. The molecule has 2 unspecified atom stereocenters. The number of aliphatic carboxylic acids is 1. The Morgan fingerprint density at radius 1 is 1.32 bits per heavy atom. The molecule has 1 aliphatic heterocycles. The van der Waals surface area contributed by atoms with E-state index in [4.69, 9.17) is 5.11 Å². The quantitative estimate of drug-likeness (QED) is 0.855. The summed E-state index contributed by atoms with van der Waals surface area (Å²) in [6.45, 7) is 0.515. The lowest BCUT2D eigenvalue weighted by Gasteiger charge is -2.26. The number of benzene rings is 1. The molecule has 102 valence electrons. The molecule has 0 bridgehead atoms. The normalized spacial score (nSPS) is 20.3. The van der Waals surface area contributed by atoms with Crippen LogP contribution in [-0.2, 0) is 9.59 Å². The first kappa shape index (κ1) is 13.5. The molecule has 0 aliphatic carbocycles. The average Bonchev–Trinajstić information content (AvgIpc) is 2.85. The number of hydrogen-bond donors (Lipinski definition) is 2. The van der Waals surface area contributed by atoms with E-state index in [1.807, 2.05) is 6.07 Å². The second kappa shape index (κ2) is 5.84. The van der Waals surface area contributed by atoms with E-state index in [2.05, 4.69) is 0 Å². The van der Waals surface area contributed by atoms with Crippen molar-refractivity contribution in [2.75, 3.05) is 6.54 Å². The third-order valence-corrected chi connectivity index (χ3v) is 3.42. The molecular weight excluding hydrogens is 246 g/mol. The number of rotatable bonds is 4. The number of hydrogen-bond acceptors (Lipinski definition) is 3. The number of aliphatic hydroxyl groups is 1. The monoisotopic (exact) mass is 263 g/mol. The standard InChI is InChI=1S/C14H17NO4/c16-12(17)9-11-7-4-8-15(11)14(19)13(18)10-5-2-1-3-6-10/h1-3,5-6,11,13,18H,4,7-9H2,(H,16,17). The molecule has 1 aliphatic rings. The lowest BCUT2D eigenvalue weighted by molar-refractivity contribution is -0.144. The molecule has 1 amide bonds. The van der Waals surface area contributed by atoms with Crippen LogP contribution < -0.4 is 0 Å². The predicted molar refractivity (Wildman–Crippen MR) is 68.4 cm³/mol. The highest BCUT2D eigenvalue weighted by atomic mass is 16.4. The molecule has 5 heteroatoms. The van der Waals surface area contributed by atoms with Crippen molar-refractivity contribution in [1.82, 2.24) is 4.90 Å². The van der Waals surface area contributed by atoms with Gasteiger partial charge in [0.05, 0.1) is 6.42 Å². The number of nitrogens with zero attached hydrogens (tertiary/aromatic N) is 1. The van der Waals surface area contributed by atoms with E-state index in [0.717, 1.165) is 6.42 Å². The fraction of sp³-hybridized carbons (Fsp3) is 0.429. The molecule has 1 saturated heterocycles. The molecule has 0 saturated carbocycles. The minimum Gasteiger partial charge on any atom is -0.481 e. The highest BCUT2D eigenvalue weighted by molar-refractivity contribution is 5.83. The van der Waals surface area contributed by atoms with Crippen molar-refractivity contribution in [3.8, 4) is 0 Å². The van der Waals surface area contributed by atoms with Crippen LogP contribution in [0.2, 0.25) is 0 Å². The summed E-state index contributed by atoms with van der Waals surface area (Å²) in [5.41, 5.74) is 0.536. The number of carboxylic acid groups (broad SMARTS) is 1. The molecule has 2 N–H and O–H groups in total. The zero-order chi connectivity index (χ0) is 13.8. The van der Waals surface area contributed by atoms with Gasteiger partial charge in [0.15, 0.2) is 6.10 Å². The summed E-state index contributed by atoms with van der Waals surface area (Å²) in [6.07, 6.45) is 0.188. The molecule has 19 heavy (non-hydrogen) atoms. The van der Waals surface area contributed by atoms with Gasteiger partial charge in [0.25, 0.3) is 5.91 Å². The summed E-state index contributed by atoms with van der Waals surface area (Å²) in [5, 5.41) is 18.9. The van der Waals surface area contributed by atoms with Crippen molar-refractivity contribution in [3.05, 3.63) is 35.9 Å². The molecule has 1 heterocycles. The largest absolute Gasteiger partial charge is 0.481 e. The zero-order valence-electron chi connectivity index (χ0n) is 10.5. The number of carboxylic acids is 1. The topological polar surface area (TPSA) is 77.8 Å². The van der Waals surface area contributed by atoms with Gasteiger partial charge in [-0.05, 0) is 18.4 Å². The van der Waals surface area contributed by atoms with Gasteiger partial charge in [-0.1, -0.05) is 30.3 Å². The smallest absolute Gasteiger partial charge is 0.305 e. The van der Waals surface area contributed by atoms with E-state index in [1.165, 1.54) is 4.90 Å². The molecule has 5 nitrogen and oxygen atoms in total. The van der Waals surface area contributed by atoms with Crippen LogP contribution in [0.5, 0.6) is 0 Å². The summed E-state index contributed by atoms with van der Waals surface area (Å²) in [6, 6.07) is 8.39. The molecule has 0 spiro atoms. The Bertz CT molecular complexity index is 460. The van der Waals surface area contributed by atoms with E-state index < -0.39 is 18.0 Å². The van der Waals surface area contributed by atoms with Gasteiger partial charge in [-0.3, -0.25) is 9.59 Å². The summed E-state index contributed by atoms with van der Waals surface area (Å²) in [7, 11) is 0. The SMILES string of the molecule is O=C(O)CC1CCCN1C(=O)C(O)c1ccccc1. The second-order valence-electron chi connectivity index (χ2n) is 4.74. The van der Waals surface area contributed by atoms with Crippen LogP contribution in [0.4, 0.5) is 0 Å². The number of carbonyl (C=O) groups is 2. The van der Waals surface area contributed by atoms with Gasteiger partial charge in [-0.25, -0.2) is 0 Å². The fourth-order valence-corrected chi connectivity index (χ4v) is 2.47. The van der Waals surface area contributed by atoms with Crippen LogP contribution >= 0.6 is 0 Å². The van der Waals surface area contributed by atoms with E-state index in [1.54, 1.807) is 24.3 Å². The Morgan fingerprint density at radius 3 is 2.63 bits per heavy atom. The summed E-state index contributed by atoms with van der Waals surface area (Å²) in [5.74, 6) is -1.33.